The molecule has 6 heteroatoms. The van der Waals surface area contributed by atoms with E-state index in [0.29, 0.717) is 5.56 Å². The number of carbonyl (C=O) groups is 1. The van der Waals surface area contributed by atoms with Crippen LogP contribution in [0.15, 0.2) is 48.5 Å². The van der Waals surface area contributed by atoms with Gasteiger partial charge in [0.15, 0.2) is 0 Å². The first-order valence-corrected chi connectivity index (χ1v) is 9.86. The predicted molar refractivity (Wildman–Crippen MR) is 114 cm³/mol. The van der Waals surface area contributed by atoms with Crippen LogP contribution in [0.3, 0.4) is 0 Å². The fourth-order valence-corrected chi connectivity index (χ4v) is 2.76. The van der Waals surface area contributed by atoms with Gasteiger partial charge in [0.25, 0.3) is 11.6 Å². The fourth-order valence-electron chi connectivity index (χ4n) is 2.76. The minimum absolute atomic E-state index is 0.0811. The van der Waals surface area contributed by atoms with Gasteiger partial charge in [-0.25, -0.2) is 0 Å². The molecule has 0 heterocycles. The van der Waals surface area contributed by atoms with E-state index in [1.807, 2.05) is 30.3 Å². The predicted octanol–water partition coefficient (Wildman–Crippen LogP) is 5.67. The van der Waals surface area contributed by atoms with Crippen LogP contribution in [0.5, 0.6) is 0 Å². The van der Waals surface area contributed by atoms with E-state index in [1.54, 1.807) is 12.1 Å². The van der Waals surface area contributed by atoms with E-state index in [0.717, 1.165) is 5.69 Å². The van der Waals surface area contributed by atoms with Crippen molar-refractivity contribution in [3.8, 4) is 0 Å². The summed E-state index contributed by atoms with van der Waals surface area (Å²) in [5.41, 5.74) is 6.09. The summed E-state index contributed by atoms with van der Waals surface area (Å²) in [5.74, 6) is -0.807. The highest BCUT2D eigenvalue weighted by molar-refractivity contribution is 5.97. The minimum Gasteiger partial charge on any atom is -0.381 e. The average molecular weight is 386 g/mol. The summed E-state index contributed by atoms with van der Waals surface area (Å²) in [5, 5.41) is 14.2. The lowest BCUT2D eigenvalue weighted by Gasteiger charge is -2.08. The molecule has 28 heavy (non-hydrogen) atoms. The lowest BCUT2D eigenvalue weighted by Crippen LogP contribution is -2.15. The Kier molecular flexibility index (Phi) is 11.0. The number of nitrogens with one attached hydrogen (secondary N) is 1. The maximum Gasteiger partial charge on any atom is 0.287 e. The highest BCUT2D eigenvalue weighted by Gasteiger charge is 2.22. The molecule has 2 aromatic carbocycles. The monoisotopic (exact) mass is 385 g/mol. The fraction of sp³-hybridized carbons (Fsp3) is 0.409. The molecule has 6 nitrogen and oxygen atoms in total. The molecule has 0 saturated carbocycles. The summed E-state index contributed by atoms with van der Waals surface area (Å²) in [6.07, 6.45) is 8.49. The number of primary amides is 1. The Morgan fingerprint density at radius 2 is 1.57 bits per heavy atom. The van der Waals surface area contributed by atoms with Crippen LogP contribution in [0.1, 0.15) is 68.3 Å². The Balaban J connectivity index is 0.000000416. The van der Waals surface area contributed by atoms with Crippen LogP contribution in [0.4, 0.5) is 11.4 Å². The summed E-state index contributed by atoms with van der Waals surface area (Å²) in [6, 6.07) is 13.8. The summed E-state index contributed by atoms with van der Waals surface area (Å²) >= 11 is 0. The number of nitrogens with two attached hydrogens (primary N) is 1. The standard InChI is InChI=1S/C14H13N3O3.C8H18/c15-14(18)12-8-4-5-10(13(12)17(19)20)9-16-11-6-2-1-3-7-11;1-3-5-7-8-6-4-2/h1-8,16H,9H2,(H2,15,18);3-8H2,1-2H3. The van der Waals surface area contributed by atoms with Gasteiger partial charge in [-0.15, -0.1) is 0 Å². The van der Waals surface area contributed by atoms with Gasteiger partial charge < -0.3 is 11.1 Å². The van der Waals surface area contributed by atoms with Crippen molar-refractivity contribution in [1.29, 1.82) is 0 Å². The second kappa shape index (κ2) is 13.3. The van der Waals surface area contributed by atoms with Crippen molar-refractivity contribution in [3.05, 3.63) is 69.8 Å². The molecular weight excluding hydrogens is 354 g/mol. The molecule has 2 aromatic rings. The van der Waals surface area contributed by atoms with Crippen LogP contribution in [0, 0.1) is 10.1 Å². The Bertz CT molecular complexity index is 727. The molecule has 0 unspecified atom stereocenters. The minimum atomic E-state index is -0.807. The zero-order valence-corrected chi connectivity index (χ0v) is 16.8. The van der Waals surface area contributed by atoms with Crippen molar-refractivity contribution in [1.82, 2.24) is 0 Å². The number of rotatable bonds is 10. The molecule has 0 aliphatic carbocycles. The summed E-state index contributed by atoms with van der Waals surface area (Å²) < 4.78 is 0. The van der Waals surface area contributed by atoms with E-state index in [1.165, 1.54) is 44.6 Å². The normalized spacial score (nSPS) is 9.93. The topological polar surface area (TPSA) is 98.3 Å². The zero-order valence-electron chi connectivity index (χ0n) is 16.8. The number of carbonyl (C=O) groups excluding carboxylic acids is 1. The Morgan fingerprint density at radius 3 is 2.07 bits per heavy atom. The SMILES string of the molecule is CCCCCCCC.NC(=O)c1cccc(CNc2ccccc2)c1[N+](=O)[O-]. The van der Waals surface area contributed by atoms with Gasteiger partial charge in [0.1, 0.15) is 5.56 Å². The molecule has 0 aliphatic heterocycles. The lowest BCUT2D eigenvalue weighted by molar-refractivity contribution is -0.385. The Hall–Kier alpha value is -2.89. The molecule has 0 radical (unpaired) electrons. The summed E-state index contributed by atoms with van der Waals surface area (Å²) in [6.45, 7) is 4.75. The zero-order chi connectivity index (χ0) is 20.8. The number of hydrogen-bond donors (Lipinski definition) is 2. The number of unbranched alkanes of at least 4 members (excludes halogenated alkanes) is 5. The Labute approximate surface area is 167 Å². The van der Waals surface area contributed by atoms with E-state index >= 15 is 0 Å². The highest BCUT2D eigenvalue weighted by atomic mass is 16.6. The third-order valence-electron chi connectivity index (χ3n) is 4.28. The van der Waals surface area contributed by atoms with Crippen molar-refractivity contribution < 1.29 is 9.72 Å². The van der Waals surface area contributed by atoms with Gasteiger partial charge in [-0.3, -0.25) is 14.9 Å². The van der Waals surface area contributed by atoms with Crippen molar-refractivity contribution in [3.63, 3.8) is 0 Å². The molecule has 0 aliphatic rings. The highest BCUT2D eigenvalue weighted by Crippen LogP contribution is 2.24. The van der Waals surface area contributed by atoms with Gasteiger partial charge in [0.05, 0.1) is 4.92 Å². The van der Waals surface area contributed by atoms with Gasteiger partial charge >= 0.3 is 0 Å². The molecule has 0 fully saturated rings. The van der Waals surface area contributed by atoms with Crippen LogP contribution in [-0.2, 0) is 6.54 Å². The molecule has 0 atom stereocenters. The van der Waals surface area contributed by atoms with Crippen LogP contribution in [0.25, 0.3) is 0 Å². The molecule has 3 N–H and O–H groups in total. The molecule has 2 rings (SSSR count). The van der Waals surface area contributed by atoms with Gasteiger partial charge in [-0.2, -0.15) is 0 Å². The molecule has 1 amide bonds. The van der Waals surface area contributed by atoms with E-state index in [9.17, 15) is 14.9 Å². The largest absolute Gasteiger partial charge is 0.381 e. The number of anilines is 1. The van der Waals surface area contributed by atoms with E-state index in [-0.39, 0.29) is 17.8 Å². The second-order valence-electron chi connectivity index (χ2n) is 6.57. The van der Waals surface area contributed by atoms with Crippen molar-refractivity contribution in [2.75, 3.05) is 5.32 Å². The third kappa shape index (κ3) is 8.20. The van der Waals surface area contributed by atoms with Gasteiger partial charge in [-0.05, 0) is 18.2 Å². The number of nitro benzene ring substituents is 1. The molecule has 0 saturated heterocycles. The Morgan fingerprint density at radius 1 is 0.964 bits per heavy atom. The van der Waals surface area contributed by atoms with Crippen LogP contribution >= 0.6 is 0 Å². The number of nitro groups is 1. The molecule has 0 aromatic heterocycles. The number of para-hydroxylation sites is 2. The number of hydrogen-bond acceptors (Lipinski definition) is 4. The van der Waals surface area contributed by atoms with Crippen LogP contribution in [-0.4, -0.2) is 10.8 Å². The summed E-state index contributed by atoms with van der Waals surface area (Å²) in [7, 11) is 0. The molecule has 0 bridgehead atoms. The van der Waals surface area contributed by atoms with E-state index in [4.69, 9.17) is 5.73 Å². The van der Waals surface area contributed by atoms with Gasteiger partial charge in [-0.1, -0.05) is 82.7 Å². The first-order chi connectivity index (χ1) is 13.5. The van der Waals surface area contributed by atoms with Crippen LogP contribution < -0.4 is 11.1 Å². The summed E-state index contributed by atoms with van der Waals surface area (Å²) in [4.78, 5) is 21.8. The molecule has 152 valence electrons. The maximum absolute atomic E-state index is 11.3. The molecular formula is C22H31N3O3. The van der Waals surface area contributed by atoms with Crippen molar-refractivity contribution in [2.24, 2.45) is 5.73 Å². The van der Waals surface area contributed by atoms with E-state index in [2.05, 4.69) is 19.2 Å². The smallest absolute Gasteiger partial charge is 0.287 e. The van der Waals surface area contributed by atoms with Crippen molar-refractivity contribution in [2.45, 2.75) is 58.9 Å². The number of amides is 1. The van der Waals surface area contributed by atoms with Crippen LogP contribution in [0.2, 0.25) is 0 Å². The number of nitrogens with zero attached hydrogens (tertiary/aromatic N) is 1. The quantitative estimate of drug-likeness (QED) is 0.312. The maximum atomic E-state index is 11.3. The average Bonchev–Trinajstić information content (AvgIpc) is 2.70. The molecule has 0 spiro atoms. The van der Waals surface area contributed by atoms with Crippen molar-refractivity contribution >= 4 is 17.3 Å². The van der Waals surface area contributed by atoms with Gasteiger partial charge in [0.2, 0.25) is 0 Å². The first kappa shape index (κ1) is 23.1. The second-order valence-corrected chi connectivity index (χ2v) is 6.57. The van der Waals surface area contributed by atoms with Gasteiger partial charge in [0, 0.05) is 17.8 Å². The first-order valence-electron chi connectivity index (χ1n) is 9.86. The van der Waals surface area contributed by atoms with E-state index < -0.39 is 10.8 Å². The number of benzene rings is 2. The lowest BCUT2D eigenvalue weighted by atomic mass is 10.1. The third-order valence-corrected chi connectivity index (χ3v) is 4.28.